The molecule has 0 N–H and O–H groups in total. The molecule has 0 nitrogen and oxygen atoms in total. The molecule has 108 valence electrons. The molecule has 0 aliphatic heterocycles. The fourth-order valence-electron chi connectivity index (χ4n) is 2.90. The standard InChI is InChI=1S/C12H17.C5H5.2ClH.Zr/c1-8-9(2)11-6-4-5-7-12(11)10(8)3;1-2-4-5-3-1;;;/h4-6,8,10,12H,7H2,1-3H3;1-5H;2*1H;/q2*-1;;;+4/p-2. The number of hydrogen-bond donors (Lipinski definition) is 0. The SMILES string of the molecule is C[C-]1C2=CC=CCC2C(C)C1C.[Cl-].[Cl-].[Zr+4].c1cc[cH-]c1. The Labute approximate surface area is 155 Å². The molecule has 3 atom stereocenters. The molecular formula is C17H22Cl2Zr. The first-order chi connectivity index (χ1) is 8.22. The Kier molecular flexibility index (Phi) is 12.2. The quantitative estimate of drug-likeness (QED) is 0.489. The van der Waals surface area contributed by atoms with Crippen LogP contribution in [0.4, 0.5) is 0 Å². The third kappa shape index (κ3) is 5.17. The molecule has 1 fully saturated rings. The van der Waals surface area contributed by atoms with Gasteiger partial charge in [0.2, 0.25) is 0 Å². The van der Waals surface area contributed by atoms with Crippen molar-refractivity contribution in [3.63, 3.8) is 0 Å². The average Bonchev–Trinajstić information content (AvgIpc) is 3.00. The van der Waals surface area contributed by atoms with Gasteiger partial charge in [0.15, 0.2) is 0 Å². The van der Waals surface area contributed by atoms with E-state index in [9.17, 15) is 0 Å². The molecule has 3 heteroatoms. The molecule has 0 bridgehead atoms. The second-order valence-electron chi connectivity index (χ2n) is 5.19. The van der Waals surface area contributed by atoms with E-state index in [0.717, 1.165) is 17.8 Å². The van der Waals surface area contributed by atoms with Crippen molar-refractivity contribution in [3.05, 3.63) is 60.1 Å². The Balaban J connectivity index is 0. The zero-order valence-corrected chi connectivity index (χ0v) is 16.3. The van der Waals surface area contributed by atoms with Gasteiger partial charge in [-0.15, -0.1) is 19.1 Å². The maximum atomic E-state index is 2.39. The van der Waals surface area contributed by atoms with Crippen LogP contribution in [0.1, 0.15) is 27.2 Å². The van der Waals surface area contributed by atoms with E-state index in [1.807, 2.05) is 30.3 Å². The topological polar surface area (TPSA) is 0 Å². The molecule has 0 saturated heterocycles. The van der Waals surface area contributed by atoms with Crippen LogP contribution in [-0.4, -0.2) is 0 Å². The molecule has 2 aliphatic rings. The Hall–Kier alpha value is 0.163. The first kappa shape index (κ1) is 22.4. The average molecular weight is 388 g/mol. The zero-order chi connectivity index (χ0) is 12.3. The minimum Gasteiger partial charge on any atom is -1.00 e. The van der Waals surface area contributed by atoms with Crippen LogP contribution in [0, 0.1) is 23.7 Å². The Bertz CT molecular complexity index is 378. The molecule has 1 aromatic rings. The third-order valence-corrected chi connectivity index (χ3v) is 4.32. The van der Waals surface area contributed by atoms with Crippen molar-refractivity contribution in [3.8, 4) is 0 Å². The summed E-state index contributed by atoms with van der Waals surface area (Å²) in [4.78, 5) is 0. The number of allylic oxidation sites excluding steroid dienone is 4. The molecule has 0 spiro atoms. The maximum absolute atomic E-state index is 2.39. The van der Waals surface area contributed by atoms with Crippen LogP contribution in [-0.2, 0) is 26.2 Å². The first-order valence-electron chi connectivity index (χ1n) is 6.59. The Morgan fingerprint density at radius 1 is 1.15 bits per heavy atom. The van der Waals surface area contributed by atoms with Crippen molar-refractivity contribution < 1.29 is 51.0 Å². The minimum atomic E-state index is 0. The summed E-state index contributed by atoms with van der Waals surface area (Å²) in [6.07, 6.45) is 8.08. The van der Waals surface area contributed by atoms with Gasteiger partial charge < -0.3 is 24.8 Å². The normalized spacial score (nSPS) is 25.9. The summed E-state index contributed by atoms with van der Waals surface area (Å²) in [5.74, 6) is 4.09. The van der Waals surface area contributed by atoms with E-state index in [1.54, 1.807) is 11.5 Å². The molecule has 0 amide bonds. The van der Waals surface area contributed by atoms with Crippen molar-refractivity contribution in [2.45, 2.75) is 27.2 Å². The number of halogens is 2. The van der Waals surface area contributed by atoms with Crippen LogP contribution >= 0.6 is 0 Å². The van der Waals surface area contributed by atoms with E-state index >= 15 is 0 Å². The van der Waals surface area contributed by atoms with Crippen molar-refractivity contribution in [1.82, 2.24) is 0 Å². The van der Waals surface area contributed by atoms with E-state index < -0.39 is 0 Å². The monoisotopic (exact) mass is 386 g/mol. The predicted octanol–water partition coefficient (Wildman–Crippen LogP) is -1.22. The molecule has 1 aromatic carbocycles. The van der Waals surface area contributed by atoms with Gasteiger partial charge in [-0.05, 0) is 18.3 Å². The molecule has 20 heavy (non-hydrogen) atoms. The van der Waals surface area contributed by atoms with Gasteiger partial charge >= 0.3 is 26.2 Å². The minimum absolute atomic E-state index is 0. The third-order valence-electron chi connectivity index (χ3n) is 4.32. The van der Waals surface area contributed by atoms with Crippen LogP contribution in [0.5, 0.6) is 0 Å². The number of hydrogen-bond acceptors (Lipinski definition) is 0. The maximum Gasteiger partial charge on any atom is 4.00 e. The van der Waals surface area contributed by atoms with E-state index in [0.29, 0.717) is 0 Å². The summed E-state index contributed by atoms with van der Waals surface area (Å²) in [6.45, 7) is 7.05. The van der Waals surface area contributed by atoms with Crippen molar-refractivity contribution in [1.29, 1.82) is 0 Å². The van der Waals surface area contributed by atoms with Crippen molar-refractivity contribution in [2.75, 3.05) is 0 Å². The summed E-state index contributed by atoms with van der Waals surface area (Å²) in [5, 5.41) is 0. The van der Waals surface area contributed by atoms with Crippen LogP contribution in [0.15, 0.2) is 54.1 Å². The summed E-state index contributed by atoms with van der Waals surface area (Å²) < 4.78 is 0. The number of fused-ring (bicyclic) bond motifs is 1. The molecule has 3 rings (SSSR count). The van der Waals surface area contributed by atoms with Gasteiger partial charge in [-0.25, -0.2) is 29.7 Å². The molecule has 0 aromatic heterocycles. The van der Waals surface area contributed by atoms with Gasteiger partial charge in [0, 0.05) is 0 Å². The summed E-state index contributed by atoms with van der Waals surface area (Å²) in [6, 6.07) is 10.0. The second kappa shape index (κ2) is 10.8. The first-order valence-corrected chi connectivity index (χ1v) is 6.59. The second-order valence-corrected chi connectivity index (χ2v) is 5.19. The van der Waals surface area contributed by atoms with Crippen molar-refractivity contribution >= 4 is 0 Å². The van der Waals surface area contributed by atoms with Gasteiger partial charge in [0.05, 0.1) is 0 Å². The molecular weight excluding hydrogens is 366 g/mol. The van der Waals surface area contributed by atoms with Crippen LogP contribution < -0.4 is 24.8 Å². The van der Waals surface area contributed by atoms with E-state index in [4.69, 9.17) is 0 Å². The fourth-order valence-corrected chi connectivity index (χ4v) is 2.90. The van der Waals surface area contributed by atoms with Crippen molar-refractivity contribution in [2.24, 2.45) is 17.8 Å². The van der Waals surface area contributed by atoms with Gasteiger partial charge in [0.25, 0.3) is 0 Å². The smallest absolute Gasteiger partial charge is 1.00 e. The largest absolute Gasteiger partial charge is 4.00 e. The van der Waals surface area contributed by atoms with Crippen LogP contribution in [0.25, 0.3) is 0 Å². The van der Waals surface area contributed by atoms with E-state index in [1.165, 1.54) is 6.42 Å². The molecule has 1 saturated carbocycles. The van der Waals surface area contributed by atoms with E-state index in [2.05, 4.69) is 39.0 Å². The Morgan fingerprint density at radius 2 is 1.75 bits per heavy atom. The molecule has 2 aliphatic carbocycles. The Morgan fingerprint density at radius 3 is 2.20 bits per heavy atom. The van der Waals surface area contributed by atoms with E-state index in [-0.39, 0.29) is 51.0 Å². The fraction of sp³-hybridized carbons (Fsp3) is 0.412. The van der Waals surface area contributed by atoms with Crippen LogP contribution in [0.3, 0.4) is 0 Å². The van der Waals surface area contributed by atoms with Gasteiger partial charge in [-0.2, -0.15) is 18.2 Å². The number of rotatable bonds is 0. The van der Waals surface area contributed by atoms with Crippen LogP contribution in [0.2, 0.25) is 0 Å². The predicted molar refractivity (Wildman–Crippen MR) is 74.6 cm³/mol. The van der Waals surface area contributed by atoms with Gasteiger partial charge in [0.1, 0.15) is 0 Å². The summed E-state index contributed by atoms with van der Waals surface area (Å²) in [5.41, 5.74) is 1.62. The molecule has 0 heterocycles. The van der Waals surface area contributed by atoms with Gasteiger partial charge in [-0.3, -0.25) is 0 Å². The molecule has 3 unspecified atom stereocenters. The summed E-state index contributed by atoms with van der Waals surface area (Å²) in [7, 11) is 0. The summed E-state index contributed by atoms with van der Waals surface area (Å²) >= 11 is 0. The zero-order valence-electron chi connectivity index (χ0n) is 12.3. The van der Waals surface area contributed by atoms with Gasteiger partial charge in [-0.1, -0.05) is 19.8 Å². The molecule has 0 radical (unpaired) electrons.